The maximum Gasteiger partial charge on any atom is 0.315 e. The number of aliphatic carboxylic acids is 1. The number of hydrogen-bond donors (Lipinski definition) is 1. The molecule has 0 aromatic heterocycles. The van der Waals surface area contributed by atoms with Crippen molar-refractivity contribution in [3.05, 3.63) is 88.2 Å². The summed E-state index contributed by atoms with van der Waals surface area (Å²) in [5.74, 6) is -1.58. The molecular weight excluding hydrogens is 416 g/mol. The second-order valence-corrected chi connectivity index (χ2v) is 4.41. The number of carboxylic acid groups (broad SMARTS) is 1. The Hall–Kier alpha value is -0.522. The standard InChI is InChI=1S/C16H10NO2.2Y/c1-17-15-12-8-4-2-6-10(12)14(16(18)19)11-7-3-5-9-13(11)15;;/h2-9,14H,(H,18,19);;/q-1;;. The van der Waals surface area contributed by atoms with E-state index in [4.69, 9.17) is 6.57 Å². The van der Waals surface area contributed by atoms with Gasteiger partial charge in [0.05, 0.1) is 0 Å². The molecule has 21 heavy (non-hydrogen) atoms. The van der Waals surface area contributed by atoms with Crippen molar-refractivity contribution in [3.8, 4) is 0 Å². The first-order chi connectivity index (χ1) is 9.24. The Morgan fingerprint density at radius 2 is 1.43 bits per heavy atom. The summed E-state index contributed by atoms with van der Waals surface area (Å²) in [6, 6.07) is 15.0. The number of rotatable bonds is 1. The van der Waals surface area contributed by atoms with Crippen LogP contribution in [0.4, 0.5) is 0 Å². The summed E-state index contributed by atoms with van der Waals surface area (Å²) in [4.78, 5) is 15.2. The molecule has 1 N–H and O–H groups in total. The molecule has 0 aliphatic heterocycles. The zero-order valence-corrected chi connectivity index (χ0v) is 16.8. The summed E-state index contributed by atoms with van der Waals surface area (Å²) in [7, 11) is 0. The summed E-state index contributed by atoms with van der Waals surface area (Å²) in [6.45, 7) is 7.37. The molecule has 0 heterocycles. The number of carboxylic acids is 1. The van der Waals surface area contributed by atoms with Crippen LogP contribution in [0.2, 0.25) is 0 Å². The summed E-state index contributed by atoms with van der Waals surface area (Å²) in [5, 5.41) is 9.50. The number of fused-ring (bicyclic) bond motifs is 2. The minimum atomic E-state index is -0.885. The first kappa shape index (κ1) is 18.5. The van der Waals surface area contributed by atoms with Gasteiger partial charge in [-0.15, -0.1) is 0 Å². The Bertz CT molecular complexity index is 662. The van der Waals surface area contributed by atoms with Gasteiger partial charge in [-0.2, -0.15) is 0 Å². The van der Waals surface area contributed by atoms with Crippen LogP contribution in [-0.2, 0) is 70.2 Å². The van der Waals surface area contributed by atoms with Crippen LogP contribution in [0.5, 0.6) is 0 Å². The van der Waals surface area contributed by atoms with Crippen molar-refractivity contribution < 1.29 is 75.3 Å². The van der Waals surface area contributed by atoms with Crippen LogP contribution in [0.15, 0.2) is 48.5 Å². The Morgan fingerprint density at radius 1 is 1.00 bits per heavy atom. The summed E-state index contributed by atoms with van der Waals surface area (Å²) < 4.78 is 0. The molecule has 0 fully saturated rings. The van der Waals surface area contributed by atoms with Gasteiger partial charge >= 0.3 is 5.97 Å². The summed E-state index contributed by atoms with van der Waals surface area (Å²) >= 11 is 0. The smallest absolute Gasteiger partial charge is 0.315 e. The Labute approximate surface area is 173 Å². The van der Waals surface area contributed by atoms with E-state index < -0.39 is 11.9 Å². The molecule has 3 rings (SSSR count). The largest absolute Gasteiger partial charge is 0.481 e. The second kappa shape index (κ2) is 7.65. The minimum Gasteiger partial charge on any atom is -0.481 e. The third kappa shape index (κ3) is 3.15. The average Bonchev–Trinajstić information content (AvgIpc) is 2.44. The van der Waals surface area contributed by atoms with Gasteiger partial charge in [0.2, 0.25) is 0 Å². The molecule has 0 amide bonds. The van der Waals surface area contributed by atoms with E-state index in [0.717, 1.165) is 11.1 Å². The SMILES string of the molecule is [C-]#[N+][C-]1c2ccccc2C(C(=O)O)c2ccccc21.[Y].[Y]. The fraction of sp³-hybridized carbons (Fsp3) is 0.0625. The molecule has 0 bridgehead atoms. The van der Waals surface area contributed by atoms with Gasteiger partial charge in [-0.25, -0.2) is 0 Å². The van der Waals surface area contributed by atoms with Gasteiger partial charge in [-0.1, -0.05) is 59.7 Å². The van der Waals surface area contributed by atoms with Crippen LogP contribution in [0.25, 0.3) is 4.85 Å². The Kier molecular flexibility index (Phi) is 6.75. The Balaban J connectivity index is 0.00000110. The molecule has 1 aliphatic carbocycles. The van der Waals surface area contributed by atoms with E-state index in [1.807, 2.05) is 36.4 Å². The van der Waals surface area contributed by atoms with Crippen LogP contribution < -0.4 is 0 Å². The number of nitrogens with zero attached hydrogens (tertiary/aromatic N) is 1. The van der Waals surface area contributed by atoms with Crippen molar-refractivity contribution >= 4 is 5.97 Å². The molecule has 0 atom stereocenters. The van der Waals surface area contributed by atoms with Gasteiger partial charge in [-0.05, 0) is 11.1 Å². The van der Waals surface area contributed by atoms with Crippen LogP contribution in [-0.4, -0.2) is 11.1 Å². The van der Waals surface area contributed by atoms with Gasteiger partial charge < -0.3 is 9.95 Å². The van der Waals surface area contributed by atoms with Gasteiger partial charge in [-0.3, -0.25) is 11.4 Å². The van der Waals surface area contributed by atoms with E-state index >= 15 is 0 Å². The minimum absolute atomic E-state index is 0. The van der Waals surface area contributed by atoms with Gasteiger partial charge in [0, 0.05) is 71.5 Å². The molecule has 2 aromatic rings. The average molecular weight is 426 g/mol. The van der Waals surface area contributed by atoms with Crippen LogP contribution >= 0.6 is 0 Å². The van der Waals surface area contributed by atoms with Crippen molar-refractivity contribution in [2.24, 2.45) is 0 Å². The van der Waals surface area contributed by atoms with Crippen LogP contribution in [0.3, 0.4) is 0 Å². The molecule has 0 saturated heterocycles. The molecule has 2 aromatic carbocycles. The van der Waals surface area contributed by atoms with E-state index in [1.54, 1.807) is 12.1 Å². The number of hydrogen-bond acceptors (Lipinski definition) is 1. The number of benzene rings is 2. The fourth-order valence-corrected chi connectivity index (χ4v) is 2.63. The quantitative estimate of drug-likeness (QED) is 0.713. The second-order valence-electron chi connectivity index (χ2n) is 4.41. The number of carbonyl (C=O) groups is 1. The van der Waals surface area contributed by atoms with Crippen molar-refractivity contribution in [1.29, 1.82) is 0 Å². The van der Waals surface area contributed by atoms with Crippen molar-refractivity contribution in [2.75, 3.05) is 0 Å². The van der Waals surface area contributed by atoms with Gasteiger partial charge in [0.25, 0.3) is 0 Å². The monoisotopic (exact) mass is 426 g/mol. The van der Waals surface area contributed by atoms with E-state index in [9.17, 15) is 9.90 Å². The predicted octanol–water partition coefficient (Wildman–Crippen LogP) is 3.06. The third-order valence-electron chi connectivity index (χ3n) is 3.41. The van der Waals surface area contributed by atoms with E-state index in [1.165, 1.54) is 0 Å². The van der Waals surface area contributed by atoms with Gasteiger partial charge in [0.1, 0.15) is 5.92 Å². The molecule has 0 unspecified atom stereocenters. The topological polar surface area (TPSA) is 41.7 Å². The maximum absolute atomic E-state index is 11.6. The zero-order valence-electron chi connectivity index (χ0n) is 11.2. The molecule has 0 spiro atoms. The summed E-state index contributed by atoms with van der Waals surface area (Å²) in [6.07, 6.45) is 0. The van der Waals surface area contributed by atoms with Crippen molar-refractivity contribution in [2.45, 2.75) is 5.92 Å². The first-order valence-corrected chi connectivity index (χ1v) is 5.90. The molecule has 98 valence electrons. The molecule has 0 saturated carbocycles. The van der Waals surface area contributed by atoms with Crippen molar-refractivity contribution in [3.63, 3.8) is 0 Å². The van der Waals surface area contributed by atoms with Crippen molar-refractivity contribution in [1.82, 2.24) is 0 Å². The molecule has 5 heteroatoms. The van der Waals surface area contributed by atoms with Crippen LogP contribution in [0, 0.1) is 12.6 Å². The molecule has 2 radical (unpaired) electrons. The Morgan fingerprint density at radius 3 is 1.81 bits per heavy atom. The van der Waals surface area contributed by atoms with E-state index in [2.05, 4.69) is 4.85 Å². The predicted molar refractivity (Wildman–Crippen MR) is 70.4 cm³/mol. The molecule has 1 aliphatic rings. The fourth-order valence-electron chi connectivity index (χ4n) is 2.63. The van der Waals surface area contributed by atoms with E-state index in [-0.39, 0.29) is 65.4 Å². The molecular formula is C16H10NO2Y2-. The summed E-state index contributed by atoms with van der Waals surface area (Å²) in [5.41, 5.74) is 2.84. The first-order valence-electron chi connectivity index (χ1n) is 5.90. The maximum atomic E-state index is 11.6. The van der Waals surface area contributed by atoms with E-state index in [0.29, 0.717) is 17.2 Å². The zero-order chi connectivity index (χ0) is 13.4. The van der Waals surface area contributed by atoms with Gasteiger partial charge in [0.15, 0.2) is 0 Å². The normalized spacial score (nSPS) is 12.0. The third-order valence-corrected chi connectivity index (χ3v) is 3.41. The van der Waals surface area contributed by atoms with Crippen LogP contribution in [0.1, 0.15) is 28.2 Å². The molecule has 3 nitrogen and oxygen atoms in total.